The normalized spacial score (nSPS) is 30.0. The van der Waals surface area contributed by atoms with Crippen molar-refractivity contribution >= 4 is 0 Å². The predicted molar refractivity (Wildman–Crippen MR) is 51.3 cm³/mol. The van der Waals surface area contributed by atoms with Crippen LogP contribution in [0.1, 0.15) is 40.0 Å². The molecule has 0 unspecified atom stereocenters. The third-order valence-electron chi connectivity index (χ3n) is 2.37. The molecule has 0 aromatic heterocycles. The lowest BCUT2D eigenvalue weighted by Crippen LogP contribution is -2.38. The van der Waals surface area contributed by atoms with Crippen LogP contribution < -0.4 is 5.32 Å². The lowest BCUT2D eigenvalue weighted by atomic mass is 10.2. The molecule has 0 aromatic rings. The summed E-state index contributed by atoms with van der Waals surface area (Å²) in [6.45, 7) is 7.44. The van der Waals surface area contributed by atoms with Gasteiger partial charge in [-0.2, -0.15) is 0 Å². The minimum Gasteiger partial charge on any atom is -0.374 e. The first-order chi connectivity index (χ1) is 5.74. The maximum atomic E-state index is 5.81. The zero-order valence-electron chi connectivity index (χ0n) is 8.47. The molecule has 1 N–H and O–H groups in total. The minimum absolute atomic E-state index is 0.370. The van der Waals surface area contributed by atoms with Crippen LogP contribution in [-0.2, 0) is 4.74 Å². The molecule has 2 atom stereocenters. The Kier molecular flexibility index (Phi) is 4.02. The Morgan fingerprint density at radius 1 is 1.42 bits per heavy atom. The van der Waals surface area contributed by atoms with Gasteiger partial charge in [-0.15, -0.1) is 0 Å². The average molecular weight is 171 g/mol. The zero-order valence-corrected chi connectivity index (χ0v) is 8.47. The van der Waals surface area contributed by atoms with Crippen LogP contribution in [0, 0.1) is 0 Å². The standard InChI is InChI=1S/C10H21NO/c1-4-11-9-6-5-7-10(9)12-8(2)3/h8-11H,4-7H2,1-3H3/t9-,10+/m0/s1. The molecular formula is C10H21NO. The molecule has 1 aliphatic carbocycles. The summed E-state index contributed by atoms with van der Waals surface area (Å²) >= 11 is 0. The predicted octanol–water partition coefficient (Wildman–Crippen LogP) is 1.94. The zero-order chi connectivity index (χ0) is 8.97. The van der Waals surface area contributed by atoms with Gasteiger partial charge in [-0.05, 0) is 39.7 Å². The number of nitrogens with one attached hydrogen (secondary N) is 1. The smallest absolute Gasteiger partial charge is 0.0731 e. The van der Waals surface area contributed by atoms with E-state index in [0.29, 0.717) is 18.2 Å². The van der Waals surface area contributed by atoms with Crippen molar-refractivity contribution in [2.45, 2.75) is 58.3 Å². The third kappa shape index (κ3) is 2.76. The van der Waals surface area contributed by atoms with Crippen LogP contribution in [0.2, 0.25) is 0 Å². The highest BCUT2D eigenvalue weighted by Gasteiger charge is 2.27. The summed E-state index contributed by atoms with van der Waals surface area (Å²) in [5, 5.41) is 3.47. The number of hydrogen-bond donors (Lipinski definition) is 1. The Bertz CT molecular complexity index is 125. The monoisotopic (exact) mass is 171 g/mol. The molecular weight excluding hydrogens is 150 g/mol. The molecule has 0 spiro atoms. The van der Waals surface area contributed by atoms with Crippen molar-refractivity contribution < 1.29 is 4.74 Å². The van der Waals surface area contributed by atoms with Crippen LogP contribution in [0.4, 0.5) is 0 Å². The number of likely N-dealkylation sites (N-methyl/N-ethyl adjacent to an activating group) is 1. The number of hydrogen-bond acceptors (Lipinski definition) is 2. The van der Waals surface area contributed by atoms with Gasteiger partial charge in [-0.1, -0.05) is 6.92 Å². The molecule has 1 saturated carbocycles. The summed E-state index contributed by atoms with van der Waals surface area (Å²) in [7, 11) is 0. The van der Waals surface area contributed by atoms with E-state index in [9.17, 15) is 0 Å². The first-order valence-corrected chi connectivity index (χ1v) is 5.13. The Morgan fingerprint density at radius 3 is 2.75 bits per heavy atom. The quantitative estimate of drug-likeness (QED) is 0.698. The molecule has 2 heteroatoms. The fraction of sp³-hybridized carbons (Fsp3) is 1.00. The molecule has 72 valence electrons. The fourth-order valence-corrected chi connectivity index (χ4v) is 1.93. The Labute approximate surface area is 75.7 Å². The second-order valence-electron chi connectivity index (χ2n) is 3.82. The van der Waals surface area contributed by atoms with Gasteiger partial charge in [0.05, 0.1) is 12.2 Å². The van der Waals surface area contributed by atoms with E-state index >= 15 is 0 Å². The fourth-order valence-electron chi connectivity index (χ4n) is 1.93. The maximum Gasteiger partial charge on any atom is 0.0731 e. The summed E-state index contributed by atoms with van der Waals surface area (Å²) in [5.41, 5.74) is 0. The van der Waals surface area contributed by atoms with Crippen molar-refractivity contribution in [2.24, 2.45) is 0 Å². The average Bonchev–Trinajstić information content (AvgIpc) is 2.37. The van der Waals surface area contributed by atoms with E-state index in [0.717, 1.165) is 6.54 Å². The maximum absolute atomic E-state index is 5.81. The number of rotatable bonds is 4. The van der Waals surface area contributed by atoms with Crippen LogP contribution >= 0.6 is 0 Å². The first kappa shape index (κ1) is 10.0. The molecule has 1 rings (SSSR count). The Balaban J connectivity index is 2.30. The van der Waals surface area contributed by atoms with Gasteiger partial charge in [0.15, 0.2) is 0 Å². The highest BCUT2D eigenvalue weighted by molar-refractivity contribution is 4.83. The molecule has 0 bridgehead atoms. The summed E-state index contributed by atoms with van der Waals surface area (Å²) in [5.74, 6) is 0. The summed E-state index contributed by atoms with van der Waals surface area (Å²) in [6, 6.07) is 0.609. The molecule has 0 radical (unpaired) electrons. The lowest BCUT2D eigenvalue weighted by Gasteiger charge is -2.22. The second kappa shape index (κ2) is 4.83. The van der Waals surface area contributed by atoms with Crippen molar-refractivity contribution in [3.63, 3.8) is 0 Å². The first-order valence-electron chi connectivity index (χ1n) is 5.13. The molecule has 2 nitrogen and oxygen atoms in total. The second-order valence-corrected chi connectivity index (χ2v) is 3.82. The molecule has 0 saturated heterocycles. The van der Waals surface area contributed by atoms with Gasteiger partial charge in [0.2, 0.25) is 0 Å². The van der Waals surface area contributed by atoms with E-state index in [2.05, 4.69) is 26.1 Å². The van der Waals surface area contributed by atoms with Crippen molar-refractivity contribution in [1.29, 1.82) is 0 Å². The van der Waals surface area contributed by atoms with Crippen LogP contribution in [0.3, 0.4) is 0 Å². The lowest BCUT2D eigenvalue weighted by molar-refractivity contribution is -0.00203. The van der Waals surface area contributed by atoms with Gasteiger partial charge in [0.1, 0.15) is 0 Å². The third-order valence-corrected chi connectivity index (χ3v) is 2.37. The van der Waals surface area contributed by atoms with Crippen molar-refractivity contribution in [3.8, 4) is 0 Å². The van der Waals surface area contributed by atoms with E-state index in [4.69, 9.17) is 4.74 Å². The molecule has 0 aromatic carbocycles. The molecule has 12 heavy (non-hydrogen) atoms. The van der Waals surface area contributed by atoms with E-state index in [-0.39, 0.29) is 0 Å². The Morgan fingerprint density at radius 2 is 2.17 bits per heavy atom. The molecule has 0 aliphatic heterocycles. The topological polar surface area (TPSA) is 21.3 Å². The summed E-state index contributed by atoms with van der Waals surface area (Å²) < 4.78 is 5.81. The van der Waals surface area contributed by atoms with Crippen molar-refractivity contribution in [1.82, 2.24) is 5.32 Å². The SMILES string of the molecule is CCN[C@H]1CCC[C@H]1OC(C)C. The molecule has 1 fully saturated rings. The van der Waals surface area contributed by atoms with Gasteiger partial charge < -0.3 is 10.1 Å². The van der Waals surface area contributed by atoms with E-state index < -0.39 is 0 Å². The van der Waals surface area contributed by atoms with E-state index in [1.54, 1.807) is 0 Å². The molecule has 1 aliphatic rings. The number of ether oxygens (including phenoxy) is 1. The highest BCUT2D eigenvalue weighted by atomic mass is 16.5. The van der Waals surface area contributed by atoms with Crippen LogP contribution in [0.25, 0.3) is 0 Å². The van der Waals surface area contributed by atoms with Gasteiger partial charge in [0, 0.05) is 6.04 Å². The van der Waals surface area contributed by atoms with E-state index in [1.165, 1.54) is 19.3 Å². The highest BCUT2D eigenvalue weighted by Crippen LogP contribution is 2.22. The van der Waals surface area contributed by atoms with Crippen molar-refractivity contribution in [3.05, 3.63) is 0 Å². The molecule has 0 amide bonds. The van der Waals surface area contributed by atoms with Crippen molar-refractivity contribution in [2.75, 3.05) is 6.54 Å². The summed E-state index contributed by atoms with van der Waals surface area (Å²) in [4.78, 5) is 0. The van der Waals surface area contributed by atoms with Crippen LogP contribution in [0.5, 0.6) is 0 Å². The van der Waals surface area contributed by atoms with E-state index in [1.807, 2.05) is 0 Å². The van der Waals surface area contributed by atoms with Gasteiger partial charge in [-0.25, -0.2) is 0 Å². The minimum atomic E-state index is 0.370. The van der Waals surface area contributed by atoms with Gasteiger partial charge in [0.25, 0.3) is 0 Å². The molecule has 0 heterocycles. The van der Waals surface area contributed by atoms with Crippen LogP contribution in [-0.4, -0.2) is 24.8 Å². The van der Waals surface area contributed by atoms with Gasteiger partial charge in [-0.3, -0.25) is 0 Å². The largest absolute Gasteiger partial charge is 0.374 e. The van der Waals surface area contributed by atoms with Crippen LogP contribution in [0.15, 0.2) is 0 Å². The summed E-state index contributed by atoms with van der Waals surface area (Å²) in [6.07, 6.45) is 4.66. The van der Waals surface area contributed by atoms with Gasteiger partial charge >= 0.3 is 0 Å². The Hall–Kier alpha value is -0.0800.